The normalized spacial score (nSPS) is 57.1. The second-order valence-electron chi connectivity index (χ2n) is 15.6. The zero-order valence-corrected chi connectivity index (χ0v) is 23.5. The minimum atomic E-state index is -0.874. The van der Waals surface area contributed by atoms with Crippen molar-refractivity contribution in [2.45, 2.75) is 125 Å². The topological polar surface area (TPSA) is 77.8 Å². The number of hydrogen-bond acceptors (Lipinski definition) is 3. The fourth-order valence-corrected chi connectivity index (χ4v) is 10.8. The molecule has 0 spiro atoms. The summed E-state index contributed by atoms with van der Waals surface area (Å²) in [6.07, 6.45) is 9.97. The highest BCUT2D eigenvalue weighted by Crippen LogP contribution is 2.78. The van der Waals surface area contributed by atoms with Gasteiger partial charge < -0.3 is 15.3 Å². The molecule has 0 radical (unpaired) electrons. The van der Waals surface area contributed by atoms with E-state index in [0.717, 1.165) is 44.9 Å². The van der Waals surface area contributed by atoms with Crippen molar-refractivity contribution < 1.29 is 20.1 Å². The summed E-state index contributed by atoms with van der Waals surface area (Å²) in [5.74, 6) is -0.108. The van der Waals surface area contributed by atoms with E-state index in [4.69, 9.17) is 0 Å². The SMILES string of the molecule is CC1(C(=O)O)CC(O)C2(C)CCC3(C)C(=CCC4C3(C)CCC3(C)C(C)(C)C(O)CCC43C)C2C1. The van der Waals surface area contributed by atoms with Crippen LogP contribution in [0.25, 0.3) is 0 Å². The first-order valence-electron chi connectivity index (χ1n) is 14.2. The number of rotatable bonds is 1. The standard InChI is InChI=1S/C31H50O4/c1-25(2)22(32)11-12-30(7)21-10-9-19-20-17-26(3,24(34)35)18-23(33)27(20,4)13-14-28(19,5)29(21,6)15-16-31(25,30)8/h9,20-23,32-33H,10-18H2,1-8H3,(H,34,35). The van der Waals surface area contributed by atoms with Gasteiger partial charge in [-0.3, -0.25) is 4.79 Å². The molecule has 4 saturated carbocycles. The van der Waals surface area contributed by atoms with Crippen LogP contribution >= 0.6 is 0 Å². The molecule has 0 aromatic rings. The largest absolute Gasteiger partial charge is 0.481 e. The highest BCUT2D eigenvalue weighted by molar-refractivity contribution is 5.74. The van der Waals surface area contributed by atoms with Gasteiger partial charge in [0.05, 0.1) is 17.6 Å². The summed E-state index contributed by atoms with van der Waals surface area (Å²) in [6, 6.07) is 0. The highest BCUT2D eigenvalue weighted by Gasteiger charge is 2.72. The van der Waals surface area contributed by atoms with Gasteiger partial charge in [0.2, 0.25) is 0 Å². The van der Waals surface area contributed by atoms with Crippen molar-refractivity contribution in [2.75, 3.05) is 0 Å². The molecule has 0 heterocycles. The lowest BCUT2D eigenvalue weighted by Gasteiger charge is -2.74. The number of hydrogen-bond donors (Lipinski definition) is 3. The number of aliphatic hydroxyl groups excluding tert-OH is 2. The maximum atomic E-state index is 12.3. The molecule has 4 nitrogen and oxygen atoms in total. The van der Waals surface area contributed by atoms with Crippen LogP contribution in [0.4, 0.5) is 0 Å². The summed E-state index contributed by atoms with van der Waals surface area (Å²) in [6.45, 7) is 18.7. The van der Waals surface area contributed by atoms with Crippen molar-refractivity contribution in [1.82, 2.24) is 0 Å². The minimum absolute atomic E-state index is 0.0150. The zero-order chi connectivity index (χ0) is 26.0. The first-order chi connectivity index (χ1) is 15.9. The second-order valence-corrected chi connectivity index (χ2v) is 15.6. The molecular weight excluding hydrogens is 436 g/mol. The van der Waals surface area contributed by atoms with Gasteiger partial charge in [-0.05, 0) is 104 Å². The summed E-state index contributed by atoms with van der Waals surface area (Å²) in [5, 5.41) is 32.5. The Morgan fingerprint density at radius 2 is 1.49 bits per heavy atom. The summed E-state index contributed by atoms with van der Waals surface area (Å²) in [5.41, 5.74) is 0.599. The second kappa shape index (κ2) is 7.16. The van der Waals surface area contributed by atoms with E-state index in [2.05, 4.69) is 54.5 Å². The molecule has 4 heteroatoms. The van der Waals surface area contributed by atoms with Crippen LogP contribution < -0.4 is 0 Å². The Labute approximate surface area is 213 Å². The quantitative estimate of drug-likeness (QED) is 0.365. The summed E-state index contributed by atoms with van der Waals surface area (Å²) < 4.78 is 0. The van der Waals surface area contributed by atoms with Crippen LogP contribution in [0, 0.1) is 49.7 Å². The molecule has 0 saturated heterocycles. The van der Waals surface area contributed by atoms with Gasteiger partial charge in [0, 0.05) is 5.41 Å². The Bertz CT molecular complexity index is 969. The van der Waals surface area contributed by atoms with Crippen LogP contribution in [-0.4, -0.2) is 33.5 Å². The van der Waals surface area contributed by atoms with Gasteiger partial charge in [0.25, 0.3) is 0 Å². The molecule has 5 aliphatic rings. The molecule has 10 unspecified atom stereocenters. The van der Waals surface area contributed by atoms with Crippen LogP contribution in [0.2, 0.25) is 0 Å². The number of aliphatic hydroxyl groups is 2. The fraction of sp³-hybridized carbons (Fsp3) is 0.903. The van der Waals surface area contributed by atoms with Crippen LogP contribution in [0.5, 0.6) is 0 Å². The van der Waals surface area contributed by atoms with Crippen molar-refractivity contribution in [3.05, 3.63) is 11.6 Å². The van der Waals surface area contributed by atoms with E-state index in [1.165, 1.54) is 5.57 Å². The third-order valence-corrected chi connectivity index (χ3v) is 14.5. The monoisotopic (exact) mass is 486 g/mol. The van der Waals surface area contributed by atoms with E-state index in [1.807, 2.05) is 6.92 Å². The minimum Gasteiger partial charge on any atom is -0.481 e. The Balaban J connectivity index is 1.61. The Morgan fingerprint density at radius 3 is 2.11 bits per heavy atom. The van der Waals surface area contributed by atoms with Gasteiger partial charge >= 0.3 is 5.97 Å². The first-order valence-corrected chi connectivity index (χ1v) is 14.2. The molecular formula is C31H50O4. The van der Waals surface area contributed by atoms with Gasteiger partial charge in [0.1, 0.15) is 0 Å². The molecule has 0 aromatic heterocycles. The van der Waals surface area contributed by atoms with E-state index in [9.17, 15) is 20.1 Å². The molecule has 0 amide bonds. The zero-order valence-electron chi connectivity index (χ0n) is 23.5. The van der Waals surface area contributed by atoms with Crippen LogP contribution in [-0.2, 0) is 4.79 Å². The predicted molar refractivity (Wildman–Crippen MR) is 139 cm³/mol. The van der Waals surface area contributed by atoms with Crippen molar-refractivity contribution in [3.63, 3.8) is 0 Å². The van der Waals surface area contributed by atoms with Gasteiger partial charge in [-0.1, -0.05) is 60.1 Å². The van der Waals surface area contributed by atoms with Crippen molar-refractivity contribution in [3.8, 4) is 0 Å². The molecule has 0 aromatic carbocycles. The van der Waals surface area contributed by atoms with E-state index in [0.29, 0.717) is 18.8 Å². The number of fused-ring (bicyclic) bond motifs is 7. The van der Waals surface area contributed by atoms with Crippen molar-refractivity contribution >= 4 is 5.97 Å². The molecule has 10 atom stereocenters. The Kier molecular flexibility index (Phi) is 5.27. The first kappa shape index (κ1) is 25.8. The van der Waals surface area contributed by atoms with E-state index >= 15 is 0 Å². The molecule has 0 aliphatic heterocycles. The predicted octanol–water partition coefficient (Wildman–Crippen LogP) is 6.59. The van der Waals surface area contributed by atoms with Crippen molar-refractivity contribution in [1.29, 1.82) is 0 Å². The average Bonchev–Trinajstić information content (AvgIpc) is 2.76. The third-order valence-electron chi connectivity index (χ3n) is 14.5. The summed E-state index contributed by atoms with van der Waals surface area (Å²) >= 11 is 0. The van der Waals surface area contributed by atoms with Gasteiger partial charge in [-0.25, -0.2) is 0 Å². The molecule has 35 heavy (non-hydrogen) atoms. The van der Waals surface area contributed by atoms with E-state index in [-0.39, 0.29) is 44.5 Å². The number of carboxylic acid groups (broad SMARTS) is 1. The third kappa shape index (κ3) is 2.80. The molecule has 198 valence electrons. The van der Waals surface area contributed by atoms with Crippen LogP contribution in [0.1, 0.15) is 113 Å². The molecule has 5 aliphatic carbocycles. The lowest BCUT2D eigenvalue weighted by atomic mass is 9.30. The van der Waals surface area contributed by atoms with Gasteiger partial charge in [-0.15, -0.1) is 0 Å². The summed E-state index contributed by atoms with van der Waals surface area (Å²) in [4.78, 5) is 12.3. The number of aliphatic carboxylic acids is 1. The van der Waals surface area contributed by atoms with Gasteiger partial charge in [0.15, 0.2) is 0 Å². The molecule has 4 fully saturated rings. The fourth-order valence-electron chi connectivity index (χ4n) is 10.8. The lowest BCUT2D eigenvalue weighted by Crippen LogP contribution is -2.68. The number of carboxylic acids is 1. The summed E-state index contributed by atoms with van der Waals surface area (Å²) in [7, 11) is 0. The maximum absolute atomic E-state index is 12.3. The van der Waals surface area contributed by atoms with Gasteiger partial charge in [-0.2, -0.15) is 0 Å². The van der Waals surface area contributed by atoms with E-state index < -0.39 is 17.5 Å². The van der Waals surface area contributed by atoms with Crippen LogP contribution in [0.15, 0.2) is 11.6 Å². The smallest absolute Gasteiger partial charge is 0.309 e. The molecule has 0 bridgehead atoms. The Hall–Kier alpha value is -0.870. The van der Waals surface area contributed by atoms with E-state index in [1.54, 1.807) is 0 Å². The Morgan fingerprint density at radius 1 is 0.829 bits per heavy atom. The number of allylic oxidation sites excluding steroid dienone is 2. The number of carbonyl (C=O) groups is 1. The van der Waals surface area contributed by atoms with Crippen molar-refractivity contribution in [2.24, 2.45) is 49.7 Å². The molecule has 3 N–H and O–H groups in total. The lowest BCUT2D eigenvalue weighted by molar-refractivity contribution is -0.251. The highest BCUT2D eigenvalue weighted by atomic mass is 16.4. The average molecular weight is 487 g/mol. The maximum Gasteiger partial charge on any atom is 0.309 e. The molecule has 5 rings (SSSR count). The van der Waals surface area contributed by atoms with Crippen LogP contribution in [0.3, 0.4) is 0 Å².